The van der Waals surface area contributed by atoms with Gasteiger partial charge < -0.3 is 4.74 Å². The van der Waals surface area contributed by atoms with Gasteiger partial charge in [-0.3, -0.25) is 4.90 Å². The highest BCUT2D eigenvalue weighted by molar-refractivity contribution is 6.18. The van der Waals surface area contributed by atoms with Gasteiger partial charge in [-0.25, -0.2) is 0 Å². The Morgan fingerprint density at radius 3 is 3.22 bits per heavy atom. The fraction of sp³-hybridized carbons (Fsp3) is 0.600. The number of alkyl halides is 1. The smallest absolute Gasteiger partial charge is 0.122 e. The monoisotopic (exact) mass is 265 g/mol. The number of fused-ring (bicyclic) bond motifs is 1. The Bertz CT molecular complexity index is 421. The molecule has 1 atom stereocenters. The molecule has 0 amide bonds. The molecule has 1 aromatic rings. The fourth-order valence-corrected chi connectivity index (χ4v) is 3.38. The Hall–Kier alpha value is -0.730. The van der Waals surface area contributed by atoms with Crippen molar-refractivity contribution in [1.29, 1.82) is 0 Å². The summed E-state index contributed by atoms with van der Waals surface area (Å²) in [5.74, 6) is 1.86. The van der Waals surface area contributed by atoms with Crippen LogP contribution in [0.25, 0.3) is 0 Å². The van der Waals surface area contributed by atoms with Gasteiger partial charge in [-0.2, -0.15) is 0 Å². The molecular weight excluding hydrogens is 246 g/mol. The molecule has 98 valence electrons. The normalized spacial score (nSPS) is 23.1. The Morgan fingerprint density at radius 1 is 1.39 bits per heavy atom. The molecule has 0 aromatic heterocycles. The Balaban J connectivity index is 1.60. The third-order valence-corrected chi connectivity index (χ3v) is 4.47. The van der Waals surface area contributed by atoms with Gasteiger partial charge in [-0.15, -0.1) is 11.6 Å². The second-order valence-corrected chi connectivity index (χ2v) is 5.59. The molecule has 3 heteroatoms. The maximum absolute atomic E-state index is 6.00. The van der Waals surface area contributed by atoms with E-state index in [9.17, 15) is 0 Å². The molecule has 18 heavy (non-hydrogen) atoms. The predicted octanol–water partition coefficient (Wildman–Crippen LogP) is 2.87. The number of likely N-dealkylation sites (tertiary alicyclic amines) is 1. The third kappa shape index (κ3) is 2.50. The molecule has 0 radical (unpaired) electrons. The van der Waals surface area contributed by atoms with Gasteiger partial charge in [-0.05, 0) is 43.0 Å². The van der Waals surface area contributed by atoms with E-state index in [1.807, 2.05) is 0 Å². The van der Waals surface area contributed by atoms with Crippen LogP contribution in [0.5, 0.6) is 5.75 Å². The molecule has 1 saturated heterocycles. The van der Waals surface area contributed by atoms with E-state index in [4.69, 9.17) is 16.3 Å². The fourth-order valence-electron chi connectivity index (χ4n) is 3.03. The van der Waals surface area contributed by atoms with Crippen molar-refractivity contribution in [3.8, 4) is 5.75 Å². The van der Waals surface area contributed by atoms with Gasteiger partial charge in [0, 0.05) is 24.9 Å². The van der Waals surface area contributed by atoms with E-state index < -0.39 is 0 Å². The summed E-state index contributed by atoms with van der Waals surface area (Å²) >= 11 is 6.00. The van der Waals surface area contributed by atoms with Crippen LogP contribution >= 0.6 is 11.6 Å². The van der Waals surface area contributed by atoms with E-state index in [2.05, 4.69) is 23.1 Å². The van der Waals surface area contributed by atoms with E-state index in [0.717, 1.165) is 37.6 Å². The lowest BCUT2D eigenvalue weighted by atomic mass is 10.1. The van der Waals surface area contributed by atoms with Crippen molar-refractivity contribution < 1.29 is 4.74 Å². The first-order valence-electron chi connectivity index (χ1n) is 6.91. The SMILES string of the molecule is ClCC1CCCN1CCc1ccc2c(c1)CCO2. The average molecular weight is 266 g/mol. The molecule has 2 aliphatic heterocycles. The molecule has 2 aliphatic rings. The second-order valence-electron chi connectivity index (χ2n) is 5.28. The van der Waals surface area contributed by atoms with Crippen molar-refractivity contribution in [3.63, 3.8) is 0 Å². The Labute approximate surface area is 114 Å². The molecule has 0 N–H and O–H groups in total. The zero-order chi connectivity index (χ0) is 12.4. The molecule has 2 heterocycles. The van der Waals surface area contributed by atoms with Crippen LogP contribution in [-0.2, 0) is 12.8 Å². The molecule has 0 spiro atoms. The van der Waals surface area contributed by atoms with Crippen LogP contribution in [0.1, 0.15) is 24.0 Å². The number of hydrogen-bond acceptors (Lipinski definition) is 2. The highest BCUT2D eigenvalue weighted by Crippen LogP contribution is 2.26. The van der Waals surface area contributed by atoms with Crippen molar-refractivity contribution in [2.45, 2.75) is 31.7 Å². The van der Waals surface area contributed by atoms with Gasteiger partial charge in [0.15, 0.2) is 0 Å². The summed E-state index contributed by atoms with van der Waals surface area (Å²) in [7, 11) is 0. The first kappa shape index (κ1) is 12.3. The van der Waals surface area contributed by atoms with E-state index in [0.29, 0.717) is 6.04 Å². The van der Waals surface area contributed by atoms with Crippen molar-refractivity contribution in [1.82, 2.24) is 4.90 Å². The quantitative estimate of drug-likeness (QED) is 0.777. The lowest BCUT2D eigenvalue weighted by Gasteiger charge is -2.22. The third-order valence-electron chi connectivity index (χ3n) is 4.12. The highest BCUT2D eigenvalue weighted by Gasteiger charge is 2.23. The van der Waals surface area contributed by atoms with Gasteiger partial charge in [-0.1, -0.05) is 12.1 Å². The van der Waals surface area contributed by atoms with Crippen LogP contribution in [0.3, 0.4) is 0 Å². The van der Waals surface area contributed by atoms with Crippen LogP contribution in [0.15, 0.2) is 18.2 Å². The molecule has 2 nitrogen and oxygen atoms in total. The van der Waals surface area contributed by atoms with Gasteiger partial charge in [0.25, 0.3) is 0 Å². The molecule has 3 rings (SSSR count). The van der Waals surface area contributed by atoms with Gasteiger partial charge in [0.05, 0.1) is 6.61 Å². The van der Waals surface area contributed by atoms with E-state index >= 15 is 0 Å². The first-order chi connectivity index (χ1) is 8.86. The van der Waals surface area contributed by atoms with Gasteiger partial charge >= 0.3 is 0 Å². The summed E-state index contributed by atoms with van der Waals surface area (Å²) in [6, 6.07) is 7.24. The summed E-state index contributed by atoms with van der Waals surface area (Å²) in [4.78, 5) is 2.54. The molecule has 0 saturated carbocycles. The largest absolute Gasteiger partial charge is 0.493 e. The number of hydrogen-bond donors (Lipinski definition) is 0. The summed E-state index contributed by atoms with van der Waals surface area (Å²) in [6.45, 7) is 3.20. The van der Waals surface area contributed by atoms with Crippen LogP contribution in [-0.4, -0.2) is 36.5 Å². The van der Waals surface area contributed by atoms with Crippen molar-refractivity contribution >= 4 is 11.6 Å². The maximum Gasteiger partial charge on any atom is 0.122 e. The zero-order valence-electron chi connectivity index (χ0n) is 10.7. The van der Waals surface area contributed by atoms with E-state index in [1.54, 1.807) is 0 Å². The van der Waals surface area contributed by atoms with Crippen LogP contribution in [0, 0.1) is 0 Å². The minimum atomic E-state index is 0.601. The number of ether oxygens (including phenoxy) is 1. The number of nitrogens with zero attached hydrogens (tertiary/aromatic N) is 1. The Morgan fingerprint density at radius 2 is 2.33 bits per heavy atom. The predicted molar refractivity (Wildman–Crippen MR) is 74.7 cm³/mol. The van der Waals surface area contributed by atoms with Crippen molar-refractivity contribution in [2.75, 3.05) is 25.6 Å². The summed E-state index contributed by atoms with van der Waals surface area (Å²) in [5, 5.41) is 0. The maximum atomic E-state index is 6.00. The minimum Gasteiger partial charge on any atom is -0.493 e. The lowest BCUT2D eigenvalue weighted by Crippen LogP contribution is -2.32. The minimum absolute atomic E-state index is 0.601. The van der Waals surface area contributed by atoms with Crippen LogP contribution in [0.4, 0.5) is 0 Å². The Kier molecular flexibility index (Phi) is 3.76. The van der Waals surface area contributed by atoms with Crippen LogP contribution < -0.4 is 4.74 Å². The van der Waals surface area contributed by atoms with Crippen molar-refractivity contribution in [2.24, 2.45) is 0 Å². The lowest BCUT2D eigenvalue weighted by molar-refractivity contribution is 0.275. The summed E-state index contributed by atoms with van der Waals surface area (Å²) < 4.78 is 5.54. The first-order valence-corrected chi connectivity index (χ1v) is 7.45. The molecule has 1 fully saturated rings. The molecule has 1 unspecified atom stereocenters. The second kappa shape index (κ2) is 5.50. The van der Waals surface area contributed by atoms with Crippen LogP contribution in [0.2, 0.25) is 0 Å². The van der Waals surface area contributed by atoms with Crippen molar-refractivity contribution in [3.05, 3.63) is 29.3 Å². The topological polar surface area (TPSA) is 12.5 Å². The molecular formula is C15H20ClNO. The number of halogens is 1. The highest BCUT2D eigenvalue weighted by atomic mass is 35.5. The number of benzene rings is 1. The standard InChI is InChI=1S/C15H20ClNO/c16-11-14-2-1-7-17(14)8-5-12-3-4-15-13(10-12)6-9-18-15/h3-4,10,14H,1-2,5-9,11H2. The molecule has 1 aromatic carbocycles. The molecule has 0 aliphatic carbocycles. The average Bonchev–Trinajstić information content (AvgIpc) is 3.04. The molecule has 0 bridgehead atoms. The zero-order valence-corrected chi connectivity index (χ0v) is 11.5. The van der Waals surface area contributed by atoms with Gasteiger partial charge in [0.1, 0.15) is 5.75 Å². The van der Waals surface area contributed by atoms with E-state index in [1.165, 1.54) is 30.5 Å². The summed E-state index contributed by atoms with van der Waals surface area (Å²) in [5.41, 5.74) is 2.81. The van der Waals surface area contributed by atoms with E-state index in [-0.39, 0.29) is 0 Å². The number of rotatable bonds is 4. The summed E-state index contributed by atoms with van der Waals surface area (Å²) in [6.07, 6.45) is 4.76. The van der Waals surface area contributed by atoms with Gasteiger partial charge in [0.2, 0.25) is 0 Å².